The minimum Gasteiger partial charge on any atom is -0.508 e. The summed E-state index contributed by atoms with van der Waals surface area (Å²) in [6.45, 7) is 8.64. The number of phenolic OH excluding ortho intramolecular Hbond substituents is 2. The van der Waals surface area contributed by atoms with E-state index in [1.165, 1.54) is 45.9 Å². The quantitative estimate of drug-likeness (QED) is 0.0106. The van der Waals surface area contributed by atoms with Crippen LogP contribution in [-0.2, 0) is 56.6 Å². The molecule has 2 aliphatic heterocycles. The number of hydrogen-bond donors (Lipinski definition) is 7. The van der Waals surface area contributed by atoms with Gasteiger partial charge >= 0.3 is 18.1 Å². The van der Waals surface area contributed by atoms with Crippen molar-refractivity contribution in [1.29, 1.82) is 0 Å². The van der Waals surface area contributed by atoms with Crippen LogP contribution in [0.2, 0.25) is 0 Å². The number of nitrogens with zero attached hydrogens (tertiary/aromatic N) is 3. The first-order valence-electron chi connectivity index (χ1n) is 25.7. The predicted octanol–water partition coefficient (Wildman–Crippen LogP) is 8.05. The molecule has 4 heterocycles. The lowest BCUT2D eigenvalue weighted by atomic mass is 9.77. The Morgan fingerprint density at radius 2 is 1.54 bits per heavy atom. The number of phenols is 2. The van der Waals surface area contributed by atoms with E-state index in [0.29, 0.717) is 83.1 Å². The summed E-state index contributed by atoms with van der Waals surface area (Å²) >= 11 is 5.47. The first-order valence-corrected chi connectivity index (χ1v) is 28.6. The fourth-order valence-electron chi connectivity index (χ4n) is 9.05. The summed E-state index contributed by atoms with van der Waals surface area (Å²) < 4.78 is 41.8. The summed E-state index contributed by atoms with van der Waals surface area (Å²) in [4.78, 5) is 59.8. The number of aromatic nitrogens is 3. The molecule has 79 heavy (non-hydrogen) atoms. The number of rotatable bonds is 28. The van der Waals surface area contributed by atoms with Crippen molar-refractivity contribution < 1.29 is 67.7 Å². The second-order valence-corrected chi connectivity index (χ2v) is 22.3. The van der Waals surface area contributed by atoms with Crippen LogP contribution >= 0.6 is 33.8 Å². The molecule has 1 amide bonds. The van der Waals surface area contributed by atoms with Gasteiger partial charge in [-0.15, -0.1) is 0 Å². The number of anilines is 2. The molecule has 1 spiro atoms. The molecule has 4 aromatic carbocycles. The van der Waals surface area contributed by atoms with Crippen molar-refractivity contribution in [2.45, 2.75) is 64.6 Å². The van der Waals surface area contributed by atoms with Crippen LogP contribution in [0.25, 0.3) is 21.9 Å². The van der Waals surface area contributed by atoms with Crippen LogP contribution in [0, 0.1) is 5.41 Å². The third-order valence-electron chi connectivity index (χ3n) is 12.7. The first kappa shape index (κ1) is 58.1. The Morgan fingerprint density at radius 3 is 2.25 bits per heavy atom. The normalized spacial score (nSPS) is 13.5. The Balaban J connectivity index is 0.645. The number of esters is 1. The van der Waals surface area contributed by atoms with Crippen LogP contribution in [0.3, 0.4) is 0 Å². The molecule has 0 bridgehead atoms. The second-order valence-electron chi connectivity index (χ2n) is 19.3. The number of pyridine rings is 1. The van der Waals surface area contributed by atoms with E-state index in [0.717, 1.165) is 41.5 Å². The number of carbonyl (C=O) groups is 4. The first-order chi connectivity index (χ1) is 38.1. The van der Waals surface area contributed by atoms with Crippen LogP contribution in [0.1, 0.15) is 72.9 Å². The van der Waals surface area contributed by atoms with E-state index < -0.39 is 41.1 Å². The Labute approximate surface area is 468 Å². The Kier molecular flexibility index (Phi) is 19.6. The highest BCUT2D eigenvalue weighted by Crippen LogP contribution is 2.57. The van der Waals surface area contributed by atoms with E-state index in [1.807, 2.05) is 38.1 Å². The molecule has 21 nitrogen and oxygen atoms in total. The Bertz CT molecular complexity index is 3140. The van der Waals surface area contributed by atoms with Crippen LogP contribution in [-0.4, -0.2) is 136 Å². The van der Waals surface area contributed by atoms with Gasteiger partial charge in [0.15, 0.2) is 16.5 Å². The average molecular weight is 1140 g/mol. The molecular formula is C55H63N7O14S3. The third kappa shape index (κ3) is 14.4. The number of aliphatic carboxylic acids is 1. The molecule has 8 N–H and O–H groups in total. The standard InChI is InChI=1S/C55H63N7O14S3/c1-4-5-10-45-61-47-48(36-8-6-7-9-41(36)60-49(47)56)62(45)31-54(2,3)32-74-53(69)73-25-26-78-79-30-42(50(66)67)59-46(65)17-19-70-21-23-72-24-22-71-20-18-57-52(77)58-33-11-14-38-37(27-33)51(68)76-55(38)39-15-12-34(63)28-43(39)75-44-29-35(64)13-16-40(44)55/h6-9,11-16,27-29,42,63-64H,4-5,10,17-26,30-32H2,1-3H3,(H2,56,60)(H,59,65)(H,66,67)(H2,57,58,77). The van der Waals surface area contributed by atoms with Gasteiger partial charge in [0.1, 0.15) is 53.6 Å². The van der Waals surface area contributed by atoms with Crippen LogP contribution < -0.4 is 26.4 Å². The number of carbonyl (C=O) groups excluding carboxylic acids is 3. The number of nitrogen functional groups attached to an aromatic ring is 1. The molecule has 2 aliphatic rings. The van der Waals surface area contributed by atoms with Crippen molar-refractivity contribution in [1.82, 2.24) is 25.2 Å². The van der Waals surface area contributed by atoms with E-state index in [1.54, 1.807) is 30.3 Å². The summed E-state index contributed by atoms with van der Waals surface area (Å²) in [6, 6.07) is 21.0. The molecule has 0 fully saturated rings. The SMILES string of the molecule is CCCCc1nc2c(N)nc3ccccc3c2n1CC(C)(C)COC(=O)OCCSSCC(NC(=O)CCOCCOCCOCCNC(=S)Nc1ccc2c(c1)C(=O)OC21c2ccc(O)cc2Oc2cc(O)ccc21)C(=O)O. The molecule has 1 unspecified atom stereocenters. The number of nitrogens with one attached hydrogen (secondary N) is 3. The van der Waals surface area contributed by atoms with E-state index in [4.69, 9.17) is 56.1 Å². The topological polar surface area (TPSA) is 286 Å². The number of hydrogen-bond acceptors (Lipinski definition) is 19. The lowest BCUT2D eigenvalue weighted by Crippen LogP contribution is -2.42. The number of amides is 1. The molecule has 6 aromatic rings. The number of thiocarbonyl (C=S) groups is 1. The largest absolute Gasteiger partial charge is 0.508 e. The highest BCUT2D eigenvalue weighted by atomic mass is 33.1. The number of carboxylic acids is 1. The van der Waals surface area contributed by atoms with Gasteiger partial charge in [0, 0.05) is 82.7 Å². The summed E-state index contributed by atoms with van der Waals surface area (Å²) in [5.74, 6) is 0.0278. The molecule has 1 atom stereocenters. The molecule has 0 saturated carbocycles. The Morgan fingerprint density at radius 1 is 0.861 bits per heavy atom. The zero-order valence-corrected chi connectivity index (χ0v) is 46.3. The molecule has 0 radical (unpaired) electrons. The maximum atomic E-state index is 13.4. The number of ether oxygens (including phenoxy) is 7. The van der Waals surface area contributed by atoms with E-state index in [-0.39, 0.29) is 68.2 Å². The number of aryl methyl sites for hydroxylation is 1. The zero-order valence-electron chi connectivity index (χ0n) is 43.9. The number of nitrogens with two attached hydrogens (primary N) is 1. The average Bonchev–Trinajstić information content (AvgIpc) is 2.95. The molecular weight excluding hydrogens is 1080 g/mol. The lowest BCUT2D eigenvalue weighted by Gasteiger charge is -2.36. The van der Waals surface area contributed by atoms with E-state index in [2.05, 4.69) is 32.4 Å². The maximum absolute atomic E-state index is 13.4. The number of fused-ring (bicyclic) bond motifs is 9. The van der Waals surface area contributed by atoms with Gasteiger partial charge in [-0.3, -0.25) is 4.79 Å². The predicted molar refractivity (Wildman–Crippen MR) is 303 cm³/mol. The van der Waals surface area contributed by atoms with Crippen molar-refractivity contribution in [3.05, 3.63) is 107 Å². The van der Waals surface area contributed by atoms with E-state index >= 15 is 0 Å². The summed E-state index contributed by atoms with van der Waals surface area (Å²) in [7, 11) is 2.54. The number of unbranched alkanes of at least 4 members (excludes halogenated alkanes) is 1. The molecule has 2 aromatic heterocycles. The number of imidazole rings is 1. The number of para-hydroxylation sites is 1. The van der Waals surface area contributed by atoms with Gasteiger partial charge in [0.05, 0.1) is 56.2 Å². The van der Waals surface area contributed by atoms with Gasteiger partial charge in [-0.25, -0.2) is 24.4 Å². The van der Waals surface area contributed by atoms with Crippen molar-refractivity contribution in [2.24, 2.45) is 5.41 Å². The number of aromatic hydroxyl groups is 2. The fraction of sp³-hybridized carbons (Fsp3) is 0.400. The summed E-state index contributed by atoms with van der Waals surface area (Å²) in [6.07, 6.45) is 1.88. The van der Waals surface area contributed by atoms with Gasteiger partial charge < -0.3 is 74.7 Å². The van der Waals surface area contributed by atoms with Gasteiger partial charge in [0.2, 0.25) is 5.91 Å². The summed E-state index contributed by atoms with van der Waals surface area (Å²) in [5.41, 5.74) is 9.32. The highest BCUT2D eigenvalue weighted by Gasteiger charge is 2.53. The molecule has 0 aliphatic carbocycles. The van der Waals surface area contributed by atoms with Gasteiger partial charge in [0.25, 0.3) is 0 Å². The lowest BCUT2D eigenvalue weighted by molar-refractivity contribution is -0.141. The molecule has 24 heteroatoms. The second kappa shape index (κ2) is 26.7. The third-order valence-corrected chi connectivity index (χ3v) is 15.4. The van der Waals surface area contributed by atoms with Crippen LogP contribution in [0.15, 0.2) is 78.9 Å². The summed E-state index contributed by atoms with van der Waals surface area (Å²) in [5, 5.41) is 40.0. The van der Waals surface area contributed by atoms with E-state index in [9.17, 15) is 34.5 Å². The van der Waals surface area contributed by atoms with Crippen molar-refractivity contribution in [3.63, 3.8) is 0 Å². The van der Waals surface area contributed by atoms with Gasteiger partial charge in [-0.1, -0.05) is 73.0 Å². The minimum absolute atomic E-state index is 0.0333. The smallest absolute Gasteiger partial charge is 0.508 e. The number of carboxylic acid groups (broad SMARTS) is 1. The Hall–Kier alpha value is -7.09. The van der Waals surface area contributed by atoms with Crippen LogP contribution in [0.5, 0.6) is 23.0 Å². The van der Waals surface area contributed by atoms with Gasteiger partial charge in [-0.2, -0.15) is 0 Å². The van der Waals surface area contributed by atoms with Crippen LogP contribution in [0.4, 0.5) is 16.3 Å². The van der Waals surface area contributed by atoms with Gasteiger partial charge in [-0.05, 0) is 61.1 Å². The van der Waals surface area contributed by atoms with Crippen molar-refractivity contribution in [2.75, 3.05) is 82.0 Å². The zero-order chi connectivity index (χ0) is 56.1. The van der Waals surface area contributed by atoms with Crippen molar-refractivity contribution >= 4 is 96.4 Å². The number of benzene rings is 4. The monoisotopic (exact) mass is 1140 g/mol. The fourth-order valence-corrected chi connectivity index (χ4v) is 11.2. The highest BCUT2D eigenvalue weighted by molar-refractivity contribution is 8.76. The van der Waals surface area contributed by atoms with Crippen molar-refractivity contribution in [3.8, 4) is 23.0 Å². The molecule has 8 rings (SSSR count). The molecule has 0 saturated heterocycles. The maximum Gasteiger partial charge on any atom is 0.508 e. The molecule has 420 valence electrons. The minimum atomic E-state index is -1.37.